The van der Waals surface area contributed by atoms with E-state index in [9.17, 15) is 4.79 Å². The number of nitriles is 1. The van der Waals surface area contributed by atoms with Gasteiger partial charge in [0.15, 0.2) is 11.5 Å². The molecule has 0 atom stereocenters. The van der Waals surface area contributed by atoms with Crippen LogP contribution in [-0.4, -0.2) is 19.2 Å². The molecule has 24 heavy (non-hydrogen) atoms. The number of benzene rings is 2. The van der Waals surface area contributed by atoms with E-state index in [-0.39, 0.29) is 6.42 Å². The summed E-state index contributed by atoms with van der Waals surface area (Å²) in [6.45, 7) is 0.439. The smallest absolute Gasteiger partial charge is 0.254 e. The summed E-state index contributed by atoms with van der Waals surface area (Å²) in [5, 5.41) is 12.2. The Balaban J connectivity index is 2.00. The molecule has 0 heterocycles. The van der Waals surface area contributed by atoms with Gasteiger partial charge >= 0.3 is 0 Å². The number of hydrogen-bond acceptors (Lipinski definition) is 5. The lowest BCUT2D eigenvalue weighted by Gasteiger charge is -2.11. The van der Waals surface area contributed by atoms with Crippen molar-refractivity contribution < 1.29 is 14.3 Å². The number of carbonyl (C=O) groups excluding carboxylic acids is 1. The van der Waals surface area contributed by atoms with Gasteiger partial charge in [-0.2, -0.15) is 10.4 Å². The fourth-order valence-corrected chi connectivity index (χ4v) is 1.91. The van der Waals surface area contributed by atoms with Crippen LogP contribution in [-0.2, 0) is 11.4 Å². The standard InChI is InChI=1S/C18H17N3O3/c1-23-17-11-15(12-20-21-18(22)9-10-19)7-8-16(17)24-13-14-5-3-2-4-6-14/h2-8,11-12H,9,13H2,1H3,(H,21,22). The lowest BCUT2D eigenvalue weighted by molar-refractivity contribution is -0.120. The van der Waals surface area contributed by atoms with Crippen LogP contribution in [0, 0.1) is 11.3 Å². The molecule has 1 amide bonds. The third kappa shape index (κ3) is 5.14. The molecule has 6 nitrogen and oxygen atoms in total. The highest BCUT2D eigenvalue weighted by atomic mass is 16.5. The number of rotatable bonds is 7. The van der Waals surface area contributed by atoms with Gasteiger partial charge in [-0.05, 0) is 29.3 Å². The molecule has 122 valence electrons. The highest BCUT2D eigenvalue weighted by molar-refractivity contribution is 5.83. The largest absolute Gasteiger partial charge is 0.493 e. The molecule has 0 bridgehead atoms. The summed E-state index contributed by atoms with van der Waals surface area (Å²) in [5.74, 6) is 0.730. The summed E-state index contributed by atoms with van der Waals surface area (Å²) >= 11 is 0. The highest BCUT2D eigenvalue weighted by Gasteiger charge is 2.05. The number of nitrogens with one attached hydrogen (secondary N) is 1. The minimum absolute atomic E-state index is 0.229. The summed E-state index contributed by atoms with van der Waals surface area (Å²) in [5.41, 5.74) is 4.06. The third-order valence-corrected chi connectivity index (χ3v) is 3.07. The Kier molecular flexibility index (Phi) is 6.35. The van der Waals surface area contributed by atoms with Gasteiger partial charge in [-0.15, -0.1) is 0 Å². The van der Waals surface area contributed by atoms with Crippen LogP contribution < -0.4 is 14.9 Å². The van der Waals surface area contributed by atoms with E-state index < -0.39 is 5.91 Å². The van der Waals surface area contributed by atoms with Crippen molar-refractivity contribution in [3.05, 3.63) is 59.7 Å². The molecular weight excluding hydrogens is 306 g/mol. The molecule has 0 fully saturated rings. The molecule has 2 aromatic rings. The maximum Gasteiger partial charge on any atom is 0.254 e. The van der Waals surface area contributed by atoms with Crippen LogP contribution in [0.1, 0.15) is 17.5 Å². The van der Waals surface area contributed by atoms with Gasteiger partial charge in [0.2, 0.25) is 0 Å². The van der Waals surface area contributed by atoms with Gasteiger partial charge in [0, 0.05) is 0 Å². The Bertz CT molecular complexity index is 752. The SMILES string of the molecule is COc1cc(C=NNC(=O)CC#N)ccc1OCc1ccccc1. The van der Waals surface area contributed by atoms with E-state index in [1.54, 1.807) is 31.4 Å². The fourth-order valence-electron chi connectivity index (χ4n) is 1.91. The van der Waals surface area contributed by atoms with Crippen LogP contribution in [0.15, 0.2) is 53.6 Å². The zero-order chi connectivity index (χ0) is 17.2. The Morgan fingerprint density at radius 1 is 1.25 bits per heavy atom. The Labute approximate surface area is 140 Å². The average molecular weight is 323 g/mol. The molecule has 0 radical (unpaired) electrons. The molecule has 0 spiro atoms. The van der Waals surface area contributed by atoms with Gasteiger partial charge in [-0.3, -0.25) is 4.79 Å². The van der Waals surface area contributed by atoms with Gasteiger partial charge < -0.3 is 9.47 Å². The van der Waals surface area contributed by atoms with Crippen LogP contribution in [0.25, 0.3) is 0 Å². The first-order chi connectivity index (χ1) is 11.7. The average Bonchev–Trinajstić information content (AvgIpc) is 2.61. The maximum absolute atomic E-state index is 11.1. The maximum atomic E-state index is 11.1. The molecule has 1 N–H and O–H groups in total. The molecule has 0 aromatic heterocycles. The van der Waals surface area contributed by atoms with E-state index in [0.717, 1.165) is 11.1 Å². The highest BCUT2D eigenvalue weighted by Crippen LogP contribution is 2.28. The number of hydrogen-bond donors (Lipinski definition) is 1. The predicted octanol–water partition coefficient (Wildman–Crippen LogP) is 2.64. The number of amides is 1. The van der Waals surface area contributed by atoms with Crippen LogP contribution in [0.3, 0.4) is 0 Å². The van der Waals surface area contributed by atoms with Gasteiger partial charge in [0.05, 0.1) is 19.4 Å². The zero-order valence-electron chi connectivity index (χ0n) is 13.2. The van der Waals surface area contributed by atoms with Crippen molar-refractivity contribution in [3.63, 3.8) is 0 Å². The molecule has 6 heteroatoms. The first kappa shape index (κ1) is 17.0. The van der Waals surface area contributed by atoms with Crippen molar-refractivity contribution in [2.75, 3.05) is 7.11 Å². The van der Waals surface area contributed by atoms with Crippen molar-refractivity contribution >= 4 is 12.1 Å². The van der Waals surface area contributed by atoms with E-state index in [1.165, 1.54) is 6.21 Å². The lowest BCUT2D eigenvalue weighted by Crippen LogP contribution is -2.16. The molecule has 0 aliphatic heterocycles. The van der Waals surface area contributed by atoms with Crippen LogP contribution in [0.4, 0.5) is 0 Å². The molecule has 2 aromatic carbocycles. The number of carbonyl (C=O) groups is 1. The minimum atomic E-state index is -0.455. The van der Waals surface area contributed by atoms with Gasteiger partial charge in [-0.25, -0.2) is 5.43 Å². The van der Waals surface area contributed by atoms with Crippen molar-refractivity contribution in [2.24, 2.45) is 5.10 Å². The number of hydrazone groups is 1. The summed E-state index contributed by atoms with van der Waals surface area (Å²) < 4.78 is 11.1. The lowest BCUT2D eigenvalue weighted by atomic mass is 10.2. The van der Waals surface area contributed by atoms with E-state index in [1.807, 2.05) is 30.3 Å². The predicted molar refractivity (Wildman–Crippen MR) is 89.7 cm³/mol. The summed E-state index contributed by atoms with van der Waals surface area (Å²) in [6.07, 6.45) is 1.24. The van der Waals surface area contributed by atoms with Crippen LogP contribution in [0.5, 0.6) is 11.5 Å². The summed E-state index contributed by atoms with van der Waals surface area (Å²) in [7, 11) is 1.56. The Morgan fingerprint density at radius 3 is 2.75 bits per heavy atom. The fraction of sp³-hybridized carbons (Fsp3) is 0.167. The van der Waals surface area contributed by atoms with E-state index >= 15 is 0 Å². The van der Waals surface area contributed by atoms with Gasteiger partial charge in [-0.1, -0.05) is 30.3 Å². The topological polar surface area (TPSA) is 83.7 Å². The van der Waals surface area contributed by atoms with E-state index in [4.69, 9.17) is 14.7 Å². The first-order valence-corrected chi connectivity index (χ1v) is 7.26. The Morgan fingerprint density at radius 2 is 2.04 bits per heavy atom. The van der Waals surface area contributed by atoms with Crippen LogP contribution >= 0.6 is 0 Å². The second kappa shape index (κ2) is 8.96. The third-order valence-electron chi connectivity index (χ3n) is 3.07. The van der Waals surface area contributed by atoms with E-state index in [0.29, 0.717) is 18.1 Å². The number of nitrogens with zero attached hydrogens (tertiary/aromatic N) is 2. The monoisotopic (exact) mass is 323 g/mol. The normalized spacial score (nSPS) is 10.2. The van der Waals surface area contributed by atoms with Crippen LogP contribution in [0.2, 0.25) is 0 Å². The first-order valence-electron chi connectivity index (χ1n) is 7.26. The summed E-state index contributed by atoms with van der Waals surface area (Å²) in [6, 6.07) is 16.9. The molecule has 0 saturated carbocycles. The molecule has 0 saturated heterocycles. The number of methoxy groups -OCH3 is 1. The Hall–Kier alpha value is -3.33. The van der Waals surface area contributed by atoms with Crippen molar-refractivity contribution in [3.8, 4) is 17.6 Å². The molecule has 0 aliphatic rings. The quantitative estimate of drug-likeness (QED) is 0.627. The van der Waals surface area contributed by atoms with Gasteiger partial charge in [0.1, 0.15) is 13.0 Å². The van der Waals surface area contributed by atoms with E-state index in [2.05, 4.69) is 10.5 Å². The molecule has 0 aliphatic carbocycles. The molecule has 2 rings (SSSR count). The van der Waals surface area contributed by atoms with Gasteiger partial charge in [0.25, 0.3) is 5.91 Å². The summed E-state index contributed by atoms with van der Waals surface area (Å²) in [4.78, 5) is 11.1. The second-order valence-corrected chi connectivity index (χ2v) is 4.81. The minimum Gasteiger partial charge on any atom is -0.493 e. The second-order valence-electron chi connectivity index (χ2n) is 4.81. The van der Waals surface area contributed by atoms with Crippen molar-refractivity contribution in [2.45, 2.75) is 13.0 Å². The van der Waals surface area contributed by atoms with Crippen molar-refractivity contribution in [1.29, 1.82) is 5.26 Å². The zero-order valence-corrected chi connectivity index (χ0v) is 13.2. The number of ether oxygens (including phenoxy) is 2. The van der Waals surface area contributed by atoms with Crippen molar-refractivity contribution in [1.82, 2.24) is 5.43 Å². The molecular formula is C18H17N3O3. The molecule has 0 unspecified atom stereocenters.